The van der Waals surface area contributed by atoms with Crippen molar-refractivity contribution in [1.82, 2.24) is 19.5 Å². The van der Waals surface area contributed by atoms with Crippen LogP contribution >= 0.6 is 23.8 Å². The molecule has 0 atom stereocenters. The van der Waals surface area contributed by atoms with Gasteiger partial charge in [-0.2, -0.15) is 0 Å². The Balaban J connectivity index is 2.34. The first-order valence-electron chi connectivity index (χ1n) is 5.62. The first-order valence-corrected chi connectivity index (χ1v) is 6.40. The molecule has 0 amide bonds. The Labute approximate surface area is 122 Å². The van der Waals surface area contributed by atoms with Crippen molar-refractivity contribution >= 4 is 35.0 Å². The number of aromatic nitrogens is 4. The number of rotatable bonds is 1. The van der Waals surface area contributed by atoms with Gasteiger partial charge in [-0.3, -0.25) is 9.78 Å². The number of nitrogens with zero attached hydrogens (tertiary/aromatic N) is 2. The first-order chi connectivity index (χ1) is 9.47. The van der Waals surface area contributed by atoms with Gasteiger partial charge in [-0.15, -0.1) is 0 Å². The Morgan fingerprint density at radius 2 is 2.15 bits per heavy atom. The van der Waals surface area contributed by atoms with E-state index in [1.807, 2.05) is 0 Å². The van der Waals surface area contributed by atoms with Crippen LogP contribution in [0, 0.1) is 10.6 Å². The minimum absolute atomic E-state index is 0.0322. The molecule has 5 nitrogen and oxygen atoms in total. The molecule has 2 N–H and O–H groups in total. The smallest absolute Gasteiger partial charge is 0.279 e. The third-order valence-corrected chi connectivity index (χ3v) is 3.46. The summed E-state index contributed by atoms with van der Waals surface area (Å²) in [7, 11) is 1.71. The number of H-pyrrole nitrogens is 2. The Morgan fingerprint density at radius 1 is 1.40 bits per heavy atom. The highest BCUT2D eigenvalue weighted by Crippen LogP contribution is 2.24. The van der Waals surface area contributed by atoms with E-state index < -0.39 is 5.82 Å². The quantitative estimate of drug-likeness (QED) is 0.679. The van der Waals surface area contributed by atoms with Crippen LogP contribution < -0.4 is 5.56 Å². The molecule has 0 aliphatic rings. The van der Waals surface area contributed by atoms with Crippen molar-refractivity contribution in [2.75, 3.05) is 0 Å². The highest BCUT2D eigenvalue weighted by molar-refractivity contribution is 7.71. The zero-order chi connectivity index (χ0) is 14.4. The van der Waals surface area contributed by atoms with Gasteiger partial charge in [0.05, 0.1) is 5.02 Å². The lowest BCUT2D eigenvalue weighted by atomic mass is 10.2. The molecule has 0 bridgehead atoms. The van der Waals surface area contributed by atoms with Crippen LogP contribution in [0.5, 0.6) is 0 Å². The number of aromatic amines is 2. The first kappa shape index (κ1) is 13.0. The van der Waals surface area contributed by atoms with Crippen LogP contribution in [0.15, 0.2) is 23.0 Å². The number of halogens is 2. The predicted molar refractivity (Wildman–Crippen MR) is 76.9 cm³/mol. The summed E-state index contributed by atoms with van der Waals surface area (Å²) in [5.74, 6) is -0.101. The van der Waals surface area contributed by atoms with E-state index in [0.29, 0.717) is 17.0 Å². The second-order valence-electron chi connectivity index (χ2n) is 4.23. The molecule has 0 saturated heterocycles. The Kier molecular flexibility index (Phi) is 2.95. The highest BCUT2D eigenvalue weighted by atomic mass is 35.5. The average molecular weight is 311 g/mol. The Morgan fingerprint density at radius 3 is 2.85 bits per heavy atom. The van der Waals surface area contributed by atoms with Crippen molar-refractivity contribution in [2.45, 2.75) is 0 Å². The molecule has 2 aromatic heterocycles. The minimum atomic E-state index is -0.543. The summed E-state index contributed by atoms with van der Waals surface area (Å²) >= 11 is 10.6. The maximum Gasteiger partial charge on any atom is 0.279 e. The third-order valence-electron chi connectivity index (χ3n) is 2.95. The Hall–Kier alpha value is -1.99. The van der Waals surface area contributed by atoms with Crippen LogP contribution in [0.25, 0.3) is 22.6 Å². The van der Waals surface area contributed by atoms with E-state index in [4.69, 9.17) is 23.8 Å². The molecule has 0 spiro atoms. The summed E-state index contributed by atoms with van der Waals surface area (Å²) in [5.41, 5.74) is 0.819. The topological polar surface area (TPSA) is 66.5 Å². The molecule has 2 heterocycles. The maximum atomic E-state index is 13.5. The zero-order valence-electron chi connectivity index (χ0n) is 10.2. The normalized spacial score (nSPS) is 11.2. The number of hydrogen-bond acceptors (Lipinski definition) is 3. The van der Waals surface area contributed by atoms with Gasteiger partial charge in [-0.1, -0.05) is 11.6 Å². The zero-order valence-corrected chi connectivity index (χ0v) is 11.8. The second-order valence-corrected chi connectivity index (χ2v) is 5.04. The molecule has 20 heavy (non-hydrogen) atoms. The molecule has 0 aliphatic heterocycles. The Bertz CT molecular complexity index is 943. The van der Waals surface area contributed by atoms with Gasteiger partial charge in [-0.05, 0) is 30.4 Å². The third kappa shape index (κ3) is 1.95. The van der Waals surface area contributed by atoms with E-state index in [-0.39, 0.29) is 20.9 Å². The van der Waals surface area contributed by atoms with E-state index in [1.165, 1.54) is 12.1 Å². The van der Waals surface area contributed by atoms with Gasteiger partial charge in [0.1, 0.15) is 17.3 Å². The van der Waals surface area contributed by atoms with Crippen molar-refractivity contribution in [3.05, 3.63) is 44.2 Å². The molecule has 1 aromatic carbocycles. The summed E-state index contributed by atoms with van der Waals surface area (Å²) in [6.45, 7) is 0. The summed E-state index contributed by atoms with van der Waals surface area (Å²) in [5, 5.41) is 0.0322. The molecule has 8 heteroatoms. The van der Waals surface area contributed by atoms with Gasteiger partial charge in [0, 0.05) is 12.6 Å². The number of fused-ring (bicyclic) bond motifs is 1. The summed E-state index contributed by atoms with van der Waals surface area (Å²) in [4.78, 5) is 21.3. The van der Waals surface area contributed by atoms with E-state index in [0.717, 1.165) is 0 Å². The van der Waals surface area contributed by atoms with Crippen LogP contribution in [0.2, 0.25) is 5.02 Å². The fourth-order valence-corrected chi connectivity index (χ4v) is 2.30. The van der Waals surface area contributed by atoms with Crippen LogP contribution in [0.4, 0.5) is 4.39 Å². The number of nitrogens with one attached hydrogen (secondary N) is 2. The lowest BCUT2D eigenvalue weighted by molar-refractivity contribution is 0.628. The fourth-order valence-electron chi connectivity index (χ4n) is 1.99. The van der Waals surface area contributed by atoms with Crippen LogP contribution in [-0.4, -0.2) is 19.5 Å². The molecule has 0 aliphatic carbocycles. The van der Waals surface area contributed by atoms with Gasteiger partial charge in [0.25, 0.3) is 5.56 Å². The van der Waals surface area contributed by atoms with Gasteiger partial charge in [0.2, 0.25) is 0 Å². The van der Waals surface area contributed by atoms with Crippen molar-refractivity contribution in [2.24, 2.45) is 7.05 Å². The van der Waals surface area contributed by atoms with Gasteiger partial charge in [0.15, 0.2) is 10.3 Å². The van der Waals surface area contributed by atoms with Crippen LogP contribution in [0.1, 0.15) is 0 Å². The molecule has 3 rings (SSSR count). The molecule has 0 saturated carbocycles. The van der Waals surface area contributed by atoms with Gasteiger partial charge >= 0.3 is 0 Å². The fraction of sp³-hybridized carbons (Fsp3) is 0.0833. The standard InChI is InChI=1S/C12H8ClFN4OS/c1-18-9(5-2-3-6(13)7(14)4-5)15-8-10(18)16-12(20)17-11(8)19/h2-4H,1H3,(H2,16,17,19,20). The van der Waals surface area contributed by atoms with Gasteiger partial charge in [-0.25, -0.2) is 9.37 Å². The highest BCUT2D eigenvalue weighted by Gasteiger charge is 2.14. The maximum absolute atomic E-state index is 13.5. The monoisotopic (exact) mass is 310 g/mol. The van der Waals surface area contributed by atoms with Crippen LogP contribution in [0.3, 0.4) is 0 Å². The number of aryl methyl sites for hydroxylation is 1. The van der Waals surface area contributed by atoms with Crippen molar-refractivity contribution in [3.63, 3.8) is 0 Å². The molecule has 0 fully saturated rings. The number of hydrogen-bond donors (Lipinski definition) is 2. The molecular weight excluding hydrogens is 303 g/mol. The molecule has 102 valence electrons. The number of benzene rings is 1. The van der Waals surface area contributed by atoms with E-state index >= 15 is 0 Å². The van der Waals surface area contributed by atoms with E-state index in [9.17, 15) is 9.18 Å². The van der Waals surface area contributed by atoms with E-state index in [2.05, 4.69) is 15.0 Å². The lowest BCUT2D eigenvalue weighted by Crippen LogP contribution is -2.08. The summed E-state index contributed by atoms with van der Waals surface area (Å²) in [6.07, 6.45) is 0. The minimum Gasteiger partial charge on any atom is -0.316 e. The van der Waals surface area contributed by atoms with Crippen LogP contribution in [-0.2, 0) is 7.05 Å². The predicted octanol–water partition coefficient (Wildman–Crippen LogP) is 2.78. The molecule has 3 aromatic rings. The number of imidazole rings is 1. The second kappa shape index (κ2) is 4.53. The lowest BCUT2D eigenvalue weighted by Gasteiger charge is -2.03. The van der Waals surface area contributed by atoms with Gasteiger partial charge < -0.3 is 9.55 Å². The summed E-state index contributed by atoms with van der Waals surface area (Å²) in [6, 6.07) is 4.35. The van der Waals surface area contributed by atoms with Crippen molar-refractivity contribution in [1.29, 1.82) is 0 Å². The summed E-state index contributed by atoms with van der Waals surface area (Å²) < 4.78 is 15.4. The average Bonchev–Trinajstić information content (AvgIpc) is 2.71. The SMILES string of the molecule is Cn1c(-c2ccc(Cl)c(F)c2)nc2c(=O)[nH]c(=S)[nH]c21. The van der Waals surface area contributed by atoms with E-state index in [1.54, 1.807) is 17.7 Å². The molecular formula is C12H8ClFN4OS. The largest absolute Gasteiger partial charge is 0.316 e. The molecule has 0 radical (unpaired) electrons. The van der Waals surface area contributed by atoms with Crippen molar-refractivity contribution in [3.8, 4) is 11.4 Å². The molecule has 0 unspecified atom stereocenters. The van der Waals surface area contributed by atoms with Crippen molar-refractivity contribution < 1.29 is 4.39 Å².